The molecule has 3 nitrogen and oxygen atoms in total. The molecule has 1 N–H and O–H groups in total. The Morgan fingerprint density at radius 1 is 1.47 bits per heavy atom. The van der Waals surface area contributed by atoms with Crippen molar-refractivity contribution < 1.29 is 9.52 Å². The van der Waals surface area contributed by atoms with Gasteiger partial charge in [-0.2, -0.15) is 0 Å². The van der Waals surface area contributed by atoms with E-state index in [9.17, 15) is 0 Å². The topological polar surface area (TPSA) is 46.3 Å². The van der Waals surface area contributed by atoms with Crippen molar-refractivity contribution in [3.63, 3.8) is 0 Å². The maximum absolute atomic E-state index is 9.05. The van der Waals surface area contributed by atoms with Gasteiger partial charge in [-0.25, -0.2) is 4.98 Å². The molecule has 78 valence electrons. The first-order valence-corrected chi connectivity index (χ1v) is 5.38. The lowest BCUT2D eigenvalue weighted by Gasteiger charge is -2.02. The molecule has 0 aliphatic heterocycles. The molecule has 0 amide bonds. The largest absolute Gasteiger partial charge is 0.443 e. The molecule has 5 heteroatoms. The number of nitrogens with zero attached hydrogens (tertiary/aromatic N) is 1. The average molecular weight is 289 g/mol. The molecule has 0 atom stereocenters. The van der Waals surface area contributed by atoms with Crippen LogP contribution in [0.2, 0.25) is 5.02 Å². The summed E-state index contributed by atoms with van der Waals surface area (Å²) < 4.78 is 6.02. The Labute approximate surface area is 99.8 Å². The SMILES string of the molecule is OCc1ncoc1-c1ccc(Cl)cc1Br. The van der Waals surface area contributed by atoms with Crippen molar-refractivity contribution >= 4 is 27.5 Å². The second-order valence-electron chi connectivity index (χ2n) is 2.91. The number of benzene rings is 1. The quantitative estimate of drug-likeness (QED) is 0.922. The summed E-state index contributed by atoms with van der Waals surface area (Å²) >= 11 is 9.20. The maximum Gasteiger partial charge on any atom is 0.181 e. The van der Waals surface area contributed by atoms with Crippen LogP contribution in [-0.4, -0.2) is 10.1 Å². The van der Waals surface area contributed by atoms with Gasteiger partial charge in [-0.05, 0) is 34.1 Å². The smallest absolute Gasteiger partial charge is 0.181 e. The number of hydrogen-bond acceptors (Lipinski definition) is 3. The number of oxazole rings is 1. The summed E-state index contributed by atoms with van der Waals surface area (Å²) in [5, 5.41) is 9.69. The Bertz CT molecular complexity index is 484. The Balaban J connectivity index is 2.54. The number of aliphatic hydroxyl groups excluding tert-OH is 1. The van der Waals surface area contributed by atoms with Gasteiger partial charge in [0.15, 0.2) is 12.2 Å². The van der Waals surface area contributed by atoms with Crippen molar-refractivity contribution in [1.82, 2.24) is 4.98 Å². The van der Waals surface area contributed by atoms with E-state index < -0.39 is 0 Å². The van der Waals surface area contributed by atoms with Gasteiger partial charge in [0.05, 0.1) is 6.61 Å². The number of hydrogen-bond donors (Lipinski definition) is 1. The van der Waals surface area contributed by atoms with Gasteiger partial charge < -0.3 is 9.52 Å². The lowest BCUT2D eigenvalue weighted by molar-refractivity contribution is 0.277. The summed E-state index contributed by atoms with van der Waals surface area (Å²) in [5.41, 5.74) is 1.33. The summed E-state index contributed by atoms with van der Waals surface area (Å²) in [6, 6.07) is 5.33. The number of rotatable bonds is 2. The van der Waals surface area contributed by atoms with Crippen molar-refractivity contribution in [3.8, 4) is 11.3 Å². The number of halogens is 2. The Kier molecular flexibility index (Phi) is 3.09. The average Bonchev–Trinajstić information content (AvgIpc) is 2.65. The van der Waals surface area contributed by atoms with Gasteiger partial charge in [0, 0.05) is 15.1 Å². The van der Waals surface area contributed by atoms with Gasteiger partial charge in [-0.15, -0.1) is 0 Å². The van der Waals surface area contributed by atoms with Crippen molar-refractivity contribution in [1.29, 1.82) is 0 Å². The normalized spacial score (nSPS) is 10.6. The van der Waals surface area contributed by atoms with Crippen LogP contribution in [0.5, 0.6) is 0 Å². The maximum atomic E-state index is 9.05. The summed E-state index contributed by atoms with van der Waals surface area (Å²) in [6.45, 7) is -0.152. The molecule has 2 rings (SSSR count). The third-order valence-electron chi connectivity index (χ3n) is 1.97. The summed E-state index contributed by atoms with van der Waals surface area (Å²) in [5.74, 6) is 0.557. The molecule has 1 aromatic carbocycles. The third kappa shape index (κ3) is 2.07. The van der Waals surface area contributed by atoms with E-state index in [4.69, 9.17) is 21.1 Å². The molecule has 0 saturated carbocycles. The van der Waals surface area contributed by atoms with Gasteiger partial charge in [0.2, 0.25) is 0 Å². The molecular weight excluding hydrogens is 281 g/mol. The van der Waals surface area contributed by atoms with Gasteiger partial charge in [-0.1, -0.05) is 11.6 Å². The predicted octanol–water partition coefficient (Wildman–Crippen LogP) is 3.25. The van der Waals surface area contributed by atoms with E-state index in [1.807, 2.05) is 6.07 Å². The molecule has 0 bridgehead atoms. The lowest BCUT2D eigenvalue weighted by atomic mass is 10.1. The Morgan fingerprint density at radius 3 is 2.93 bits per heavy atom. The monoisotopic (exact) mass is 287 g/mol. The van der Waals surface area contributed by atoms with E-state index in [1.54, 1.807) is 12.1 Å². The summed E-state index contributed by atoms with van der Waals surface area (Å²) in [7, 11) is 0. The van der Waals surface area contributed by atoms with E-state index >= 15 is 0 Å². The molecule has 0 unspecified atom stereocenters. The minimum absolute atomic E-state index is 0.152. The van der Waals surface area contributed by atoms with Crippen molar-refractivity contribution in [2.24, 2.45) is 0 Å². The highest BCUT2D eigenvalue weighted by molar-refractivity contribution is 9.10. The van der Waals surface area contributed by atoms with Crippen LogP contribution in [0.1, 0.15) is 5.69 Å². The molecule has 0 aliphatic rings. The molecule has 0 aliphatic carbocycles. The van der Waals surface area contributed by atoms with Crippen LogP contribution < -0.4 is 0 Å². The van der Waals surface area contributed by atoms with E-state index in [0.29, 0.717) is 16.5 Å². The zero-order chi connectivity index (χ0) is 10.8. The van der Waals surface area contributed by atoms with Gasteiger partial charge in [0.25, 0.3) is 0 Å². The fourth-order valence-electron chi connectivity index (χ4n) is 1.27. The second-order valence-corrected chi connectivity index (χ2v) is 4.20. The van der Waals surface area contributed by atoms with Gasteiger partial charge in [0.1, 0.15) is 5.69 Å². The van der Waals surface area contributed by atoms with E-state index in [-0.39, 0.29) is 6.61 Å². The van der Waals surface area contributed by atoms with E-state index in [2.05, 4.69) is 20.9 Å². The van der Waals surface area contributed by atoms with Crippen molar-refractivity contribution in [3.05, 3.63) is 39.8 Å². The summed E-state index contributed by atoms with van der Waals surface area (Å²) in [4.78, 5) is 3.90. The molecule has 0 radical (unpaired) electrons. The standard InChI is InChI=1S/C10H7BrClNO2/c11-8-3-6(12)1-2-7(8)10-9(4-14)13-5-15-10/h1-3,5,14H,4H2. The molecular formula is C10H7BrClNO2. The fraction of sp³-hybridized carbons (Fsp3) is 0.100. The first-order valence-electron chi connectivity index (χ1n) is 4.21. The first-order chi connectivity index (χ1) is 7.22. The van der Waals surface area contributed by atoms with Gasteiger partial charge >= 0.3 is 0 Å². The van der Waals surface area contributed by atoms with Crippen molar-refractivity contribution in [2.75, 3.05) is 0 Å². The molecule has 0 saturated heterocycles. The van der Waals surface area contributed by atoms with Crippen LogP contribution in [-0.2, 0) is 6.61 Å². The summed E-state index contributed by atoms with van der Waals surface area (Å²) in [6.07, 6.45) is 1.31. The first kappa shape index (κ1) is 10.7. The van der Waals surface area contributed by atoms with E-state index in [1.165, 1.54) is 6.39 Å². The molecule has 0 spiro atoms. The van der Waals surface area contributed by atoms with Crippen LogP contribution in [0.3, 0.4) is 0 Å². The number of aliphatic hydroxyl groups is 1. The second kappa shape index (κ2) is 4.35. The molecule has 1 aromatic heterocycles. The minimum atomic E-state index is -0.152. The van der Waals surface area contributed by atoms with Crippen molar-refractivity contribution in [2.45, 2.75) is 6.61 Å². The molecule has 15 heavy (non-hydrogen) atoms. The Hall–Kier alpha value is -0.840. The van der Waals surface area contributed by atoms with Crippen LogP contribution in [0.15, 0.2) is 33.5 Å². The Morgan fingerprint density at radius 2 is 2.27 bits per heavy atom. The minimum Gasteiger partial charge on any atom is -0.443 e. The van der Waals surface area contributed by atoms with Gasteiger partial charge in [-0.3, -0.25) is 0 Å². The molecule has 0 fully saturated rings. The highest BCUT2D eigenvalue weighted by atomic mass is 79.9. The predicted molar refractivity (Wildman–Crippen MR) is 60.6 cm³/mol. The third-order valence-corrected chi connectivity index (χ3v) is 2.86. The van der Waals surface area contributed by atoms with Crippen LogP contribution >= 0.6 is 27.5 Å². The zero-order valence-corrected chi connectivity index (χ0v) is 9.92. The lowest BCUT2D eigenvalue weighted by Crippen LogP contribution is -1.87. The highest BCUT2D eigenvalue weighted by Crippen LogP contribution is 2.32. The zero-order valence-electron chi connectivity index (χ0n) is 7.58. The van der Waals surface area contributed by atoms with Crippen LogP contribution in [0.4, 0.5) is 0 Å². The number of aromatic nitrogens is 1. The highest BCUT2D eigenvalue weighted by Gasteiger charge is 2.12. The van der Waals surface area contributed by atoms with Crippen LogP contribution in [0, 0.1) is 0 Å². The molecule has 1 heterocycles. The fourth-order valence-corrected chi connectivity index (χ4v) is 2.14. The molecule has 2 aromatic rings. The van der Waals surface area contributed by atoms with E-state index in [0.717, 1.165) is 10.0 Å². The van der Waals surface area contributed by atoms with Crippen LogP contribution in [0.25, 0.3) is 11.3 Å².